The van der Waals surface area contributed by atoms with Crippen LogP contribution in [0.25, 0.3) is 6.08 Å². The fourth-order valence-corrected chi connectivity index (χ4v) is 3.49. The summed E-state index contributed by atoms with van der Waals surface area (Å²) in [6.45, 7) is 0. The smallest absolute Gasteiger partial charge is 0.175 e. The van der Waals surface area contributed by atoms with Gasteiger partial charge in [-0.3, -0.25) is 0 Å². The lowest BCUT2D eigenvalue weighted by Crippen LogP contribution is -2.00. The van der Waals surface area contributed by atoms with Gasteiger partial charge in [0.15, 0.2) is 9.84 Å². The summed E-state index contributed by atoms with van der Waals surface area (Å²) in [6, 6.07) is 11.6. The second kappa shape index (κ2) is 6.84. The third-order valence-corrected chi connectivity index (χ3v) is 4.81. The van der Waals surface area contributed by atoms with Gasteiger partial charge < -0.3 is 0 Å². The molecule has 0 radical (unpaired) electrons. The molecular formula is C15H11Cl3O2S. The highest BCUT2D eigenvalue weighted by atomic mass is 35.5. The van der Waals surface area contributed by atoms with Crippen LogP contribution in [0.4, 0.5) is 0 Å². The van der Waals surface area contributed by atoms with E-state index in [2.05, 4.69) is 0 Å². The molecule has 0 spiro atoms. The zero-order chi connectivity index (χ0) is 15.5. The maximum atomic E-state index is 12.1. The Labute approximate surface area is 138 Å². The third-order valence-electron chi connectivity index (χ3n) is 2.71. The van der Waals surface area contributed by atoms with Crippen LogP contribution in [0.2, 0.25) is 15.1 Å². The van der Waals surface area contributed by atoms with Gasteiger partial charge in [0.2, 0.25) is 0 Å². The SMILES string of the molecule is O=S(=O)(/C=C/c1ccc(Cl)cc1)Cc1ccc(Cl)cc1Cl. The van der Waals surface area contributed by atoms with Crippen molar-refractivity contribution in [3.05, 3.63) is 74.1 Å². The van der Waals surface area contributed by atoms with Crippen LogP contribution in [-0.2, 0) is 15.6 Å². The second-order valence-corrected chi connectivity index (χ2v) is 7.56. The summed E-state index contributed by atoms with van der Waals surface area (Å²) < 4.78 is 24.1. The Morgan fingerprint density at radius 2 is 1.52 bits per heavy atom. The zero-order valence-electron chi connectivity index (χ0n) is 10.8. The molecule has 0 saturated carbocycles. The maximum Gasteiger partial charge on any atom is 0.175 e. The normalized spacial score (nSPS) is 12.0. The molecule has 0 unspecified atom stereocenters. The van der Waals surface area contributed by atoms with Gasteiger partial charge in [0.05, 0.1) is 5.75 Å². The molecule has 6 heteroatoms. The van der Waals surface area contributed by atoms with Crippen molar-refractivity contribution in [2.24, 2.45) is 0 Å². The van der Waals surface area contributed by atoms with Gasteiger partial charge in [-0.25, -0.2) is 8.42 Å². The molecule has 2 nitrogen and oxygen atoms in total. The average Bonchev–Trinajstić information content (AvgIpc) is 2.41. The lowest BCUT2D eigenvalue weighted by molar-refractivity contribution is 0.604. The highest BCUT2D eigenvalue weighted by Gasteiger charge is 2.11. The largest absolute Gasteiger partial charge is 0.224 e. The molecule has 0 aliphatic rings. The van der Waals surface area contributed by atoms with Crippen molar-refractivity contribution in [1.29, 1.82) is 0 Å². The van der Waals surface area contributed by atoms with Gasteiger partial charge in [0.25, 0.3) is 0 Å². The summed E-state index contributed by atoms with van der Waals surface area (Å²) in [5.74, 6) is -0.174. The first-order chi connectivity index (χ1) is 9.85. The van der Waals surface area contributed by atoms with Crippen molar-refractivity contribution < 1.29 is 8.42 Å². The van der Waals surface area contributed by atoms with Crippen LogP contribution in [0.5, 0.6) is 0 Å². The van der Waals surface area contributed by atoms with Gasteiger partial charge in [-0.15, -0.1) is 0 Å². The van der Waals surface area contributed by atoms with Crippen LogP contribution in [0, 0.1) is 0 Å². The highest BCUT2D eigenvalue weighted by molar-refractivity contribution is 7.93. The predicted molar refractivity (Wildman–Crippen MR) is 89.6 cm³/mol. The molecule has 0 aliphatic heterocycles. The summed E-state index contributed by atoms with van der Waals surface area (Å²) in [5.41, 5.74) is 1.27. The first-order valence-electron chi connectivity index (χ1n) is 5.96. The van der Waals surface area contributed by atoms with E-state index in [0.717, 1.165) is 5.56 Å². The van der Waals surface area contributed by atoms with Crippen molar-refractivity contribution in [1.82, 2.24) is 0 Å². The number of hydrogen-bond acceptors (Lipinski definition) is 2. The molecule has 21 heavy (non-hydrogen) atoms. The molecule has 0 atom stereocenters. The number of rotatable bonds is 4. The topological polar surface area (TPSA) is 34.1 Å². The number of halogens is 3. The number of sulfone groups is 1. The maximum absolute atomic E-state index is 12.1. The lowest BCUT2D eigenvalue weighted by atomic mass is 10.2. The fraction of sp³-hybridized carbons (Fsp3) is 0.0667. The first-order valence-corrected chi connectivity index (χ1v) is 8.81. The molecule has 0 fully saturated rings. The fourth-order valence-electron chi connectivity index (χ4n) is 1.66. The van der Waals surface area contributed by atoms with Crippen LogP contribution in [0.15, 0.2) is 47.9 Å². The zero-order valence-corrected chi connectivity index (χ0v) is 13.8. The lowest BCUT2D eigenvalue weighted by Gasteiger charge is -2.03. The van der Waals surface area contributed by atoms with Crippen LogP contribution in [0.1, 0.15) is 11.1 Å². The monoisotopic (exact) mass is 360 g/mol. The molecular weight excluding hydrogens is 351 g/mol. The van der Waals surface area contributed by atoms with E-state index in [1.165, 1.54) is 17.6 Å². The van der Waals surface area contributed by atoms with Gasteiger partial charge in [-0.05, 0) is 41.5 Å². The van der Waals surface area contributed by atoms with E-state index >= 15 is 0 Å². The van der Waals surface area contributed by atoms with Crippen molar-refractivity contribution in [3.8, 4) is 0 Å². The molecule has 0 heterocycles. The molecule has 2 aromatic rings. The van der Waals surface area contributed by atoms with Gasteiger partial charge in [-0.2, -0.15) is 0 Å². The van der Waals surface area contributed by atoms with E-state index in [-0.39, 0.29) is 5.75 Å². The Hall–Kier alpha value is -1.000. The Morgan fingerprint density at radius 1 is 0.905 bits per heavy atom. The Kier molecular flexibility index (Phi) is 5.33. The van der Waals surface area contributed by atoms with Crippen molar-refractivity contribution in [2.45, 2.75) is 5.75 Å². The summed E-state index contributed by atoms with van der Waals surface area (Å²) in [4.78, 5) is 0. The molecule has 0 N–H and O–H groups in total. The van der Waals surface area contributed by atoms with Crippen LogP contribution in [-0.4, -0.2) is 8.42 Å². The average molecular weight is 362 g/mol. The molecule has 0 bridgehead atoms. The minimum absolute atomic E-state index is 0.174. The quantitative estimate of drug-likeness (QED) is 0.747. The van der Waals surface area contributed by atoms with Gasteiger partial charge in [0.1, 0.15) is 0 Å². The van der Waals surface area contributed by atoms with Crippen LogP contribution < -0.4 is 0 Å². The predicted octanol–water partition coefficient (Wildman–Crippen LogP) is 5.23. The third kappa shape index (κ3) is 5.04. The standard InChI is InChI=1S/C15H11Cl3O2S/c16-13-4-1-11(2-5-13)7-8-21(19,20)10-12-3-6-14(17)9-15(12)18/h1-9H,10H2/b8-7+. The van der Waals surface area contributed by atoms with Gasteiger partial charge >= 0.3 is 0 Å². The number of benzene rings is 2. The van der Waals surface area contributed by atoms with E-state index in [9.17, 15) is 8.42 Å². The van der Waals surface area contributed by atoms with E-state index in [4.69, 9.17) is 34.8 Å². The highest BCUT2D eigenvalue weighted by Crippen LogP contribution is 2.23. The molecule has 2 aromatic carbocycles. The van der Waals surface area contributed by atoms with Crippen molar-refractivity contribution in [2.75, 3.05) is 0 Å². The molecule has 0 saturated heterocycles. The van der Waals surface area contributed by atoms with E-state index in [0.29, 0.717) is 20.6 Å². The number of hydrogen-bond donors (Lipinski definition) is 0. The van der Waals surface area contributed by atoms with E-state index in [1.807, 2.05) is 0 Å². The van der Waals surface area contributed by atoms with Crippen LogP contribution >= 0.6 is 34.8 Å². The van der Waals surface area contributed by atoms with E-state index < -0.39 is 9.84 Å². The molecule has 0 aliphatic carbocycles. The first kappa shape index (κ1) is 16.4. The minimum atomic E-state index is -3.42. The summed E-state index contributed by atoms with van der Waals surface area (Å²) in [6.07, 6.45) is 1.52. The summed E-state index contributed by atoms with van der Waals surface area (Å²) in [5, 5.41) is 2.58. The Balaban J connectivity index is 2.16. The van der Waals surface area contributed by atoms with Crippen LogP contribution in [0.3, 0.4) is 0 Å². The minimum Gasteiger partial charge on any atom is -0.224 e. The summed E-state index contributed by atoms with van der Waals surface area (Å²) in [7, 11) is -3.42. The summed E-state index contributed by atoms with van der Waals surface area (Å²) >= 11 is 17.5. The Morgan fingerprint density at radius 3 is 2.14 bits per heavy atom. The molecule has 110 valence electrons. The second-order valence-electron chi connectivity index (χ2n) is 4.40. The molecule has 2 rings (SSSR count). The van der Waals surface area contributed by atoms with Gasteiger partial charge in [0, 0.05) is 20.5 Å². The Bertz CT molecular complexity index is 766. The van der Waals surface area contributed by atoms with Crippen molar-refractivity contribution >= 4 is 50.7 Å². The molecule has 0 aromatic heterocycles. The van der Waals surface area contributed by atoms with Gasteiger partial charge in [-0.1, -0.05) is 53.0 Å². The molecule has 0 amide bonds. The van der Waals surface area contributed by atoms with Crippen molar-refractivity contribution in [3.63, 3.8) is 0 Å². The van der Waals surface area contributed by atoms with E-state index in [1.54, 1.807) is 36.4 Å².